The van der Waals surface area contributed by atoms with Gasteiger partial charge in [0.2, 0.25) is 0 Å². The third-order valence-corrected chi connectivity index (χ3v) is 2.21. The van der Waals surface area contributed by atoms with E-state index in [9.17, 15) is 4.79 Å². The smallest absolute Gasteiger partial charge is 0.166 e. The molecule has 1 nitrogen and oxygen atoms in total. The molecule has 1 aromatic carbocycles. The molecule has 0 atom stereocenters. The number of ketones is 1. The fraction of sp³-hybridized carbons (Fsp3) is 0.308. The van der Waals surface area contributed by atoms with Gasteiger partial charge in [-0.05, 0) is 11.5 Å². The normalized spacial score (nSPS) is 10.2. The number of allylic oxidation sites excluding steroid dienone is 1. The molecule has 0 bridgehead atoms. The molecule has 0 spiro atoms. The van der Waals surface area contributed by atoms with E-state index in [4.69, 9.17) is 0 Å². The highest BCUT2D eigenvalue weighted by atomic mass is 16.1. The third kappa shape index (κ3) is 2.32. The van der Waals surface area contributed by atoms with Crippen LogP contribution in [0.4, 0.5) is 0 Å². The second-order valence-corrected chi connectivity index (χ2v) is 3.66. The van der Waals surface area contributed by atoms with Crippen LogP contribution in [-0.2, 0) is 0 Å². The summed E-state index contributed by atoms with van der Waals surface area (Å²) in [6.45, 7) is 7.77. The summed E-state index contributed by atoms with van der Waals surface area (Å²) in [7, 11) is 0. The zero-order chi connectivity index (χ0) is 10.6. The summed E-state index contributed by atoms with van der Waals surface area (Å²) in [6, 6.07) is 7.78. The zero-order valence-corrected chi connectivity index (χ0v) is 8.79. The van der Waals surface area contributed by atoms with Crippen LogP contribution in [0.25, 0.3) is 0 Å². The van der Waals surface area contributed by atoms with Crippen LogP contribution < -0.4 is 0 Å². The fourth-order valence-electron chi connectivity index (χ4n) is 1.50. The molecule has 1 heteroatoms. The fourth-order valence-corrected chi connectivity index (χ4v) is 1.50. The second kappa shape index (κ2) is 4.75. The maximum absolute atomic E-state index is 11.7. The molecule has 0 unspecified atom stereocenters. The van der Waals surface area contributed by atoms with E-state index in [1.54, 1.807) is 6.08 Å². The summed E-state index contributed by atoms with van der Waals surface area (Å²) in [5.74, 6) is 0.546. The van der Waals surface area contributed by atoms with E-state index in [0.717, 1.165) is 11.1 Å². The summed E-state index contributed by atoms with van der Waals surface area (Å²) in [4.78, 5) is 11.7. The Morgan fingerprint density at radius 3 is 2.64 bits per heavy atom. The highest BCUT2D eigenvalue weighted by Crippen LogP contribution is 2.20. The molecule has 0 N–H and O–H groups in total. The molecule has 0 aliphatic carbocycles. The highest BCUT2D eigenvalue weighted by molar-refractivity contribution is 5.98. The predicted molar refractivity (Wildman–Crippen MR) is 59.7 cm³/mol. The predicted octanol–water partition coefficient (Wildman–Crippen LogP) is 3.57. The molecule has 0 saturated carbocycles. The Labute approximate surface area is 85.5 Å². The quantitative estimate of drug-likeness (QED) is 0.521. The third-order valence-electron chi connectivity index (χ3n) is 2.21. The van der Waals surface area contributed by atoms with E-state index in [-0.39, 0.29) is 5.78 Å². The van der Waals surface area contributed by atoms with Gasteiger partial charge in [-0.25, -0.2) is 0 Å². The van der Waals surface area contributed by atoms with Crippen LogP contribution in [0.15, 0.2) is 36.9 Å². The first-order valence-electron chi connectivity index (χ1n) is 4.89. The van der Waals surface area contributed by atoms with E-state index in [0.29, 0.717) is 12.3 Å². The average molecular weight is 188 g/mol. The van der Waals surface area contributed by atoms with Crippen molar-refractivity contribution in [3.8, 4) is 0 Å². The van der Waals surface area contributed by atoms with Crippen LogP contribution in [0.2, 0.25) is 0 Å². The van der Waals surface area contributed by atoms with Crippen LogP contribution >= 0.6 is 0 Å². The number of Topliss-reactive ketones (excluding diaryl/α,β-unsaturated/α-hetero) is 1. The molecule has 0 radical (unpaired) electrons. The van der Waals surface area contributed by atoms with Crippen LogP contribution in [0.5, 0.6) is 0 Å². The van der Waals surface area contributed by atoms with Gasteiger partial charge in [-0.3, -0.25) is 4.79 Å². The SMILES string of the molecule is C=CCC(=O)c1ccccc1C(C)C. The van der Waals surface area contributed by atoms with Crippen molar-refractivity contribution < 1.29 is 4.79 Å². The minimum absolute atomic E-state index is 0.157. The number of hydrogen-bond donors (Lipinski definition) is 0. The Morgan fingerprint density at radius 1 is 1.43 bits per heavy atom. The summed E-state index contributed by atoms with van der Waals surface area (Å²) < 4.78 is 0. The zero-order valence-electron chi connectivity index (χ0n) is 8.79. The Bertz CT molecular complexity index is 337. The van der Waals surface area contributed by atoms with Gasteiger partial charge in [0.25, 0.3) is 0 Å². The van der Waals surface area contributed by atoms with Gasteiger partial charge in [-0.1, -0.05) is 44.2 Å². The summed E-state index contributed by atoms with van der Waals surface area (Å²) in [5.41, 5.74) is 1.96. The van der Waals surface area contributed by atoms with Crippen molar-refractivity contribution in [1.82, 2.24) is 0 Å². The number of carbonyl (C=O) groups is 1. The van der Waals surface area contributed by atoms with Gasteiger partial charge < -0.3 is 0 Å². The molecular formula is C13H16O. The Hall–Kier alpha value is -1.37. The number of rotatable bonds is 4. The van der Waals surface area contributed by atoms with Crippen molar-refractivity contribution in [1.29, 1.82) is 0 Å². The van der Waals surface area contributed by atoms with E-state index in [1.807, 2.05) is 24.3 Å². The molecule has 1 aromatic rings. The van der Waals surface area contributed by atoms with Gasteiger partial charge in [-0.2, -0.15) is 0 Å². The maximum Gasteiger partial charge on any atom is 0.166 e. The van der Waals surface area contributed by atoms with E-state index in [2.05, 4.69) is 20.4 Å². The highest BCUT2D eigenvalue weighted by Gasteiger charge is 2.11. The van der Waals surface area contributed by atoms with Crippen molar-refractivity contribution in [2.45, 2.75) is 26.2 Å². The maximum atomic E-state index is 11.7. The first kappa shape index (κ1) is 10.7. The largest absolute Gasteiger partial charge is 0.294 e. The molecule has 0 heterocycles. The number of benzene rings is 1. The molecule has 0 aliphatic rings. The lowest BCUT2D eigenvalue weighted by Crippen LogP contribution is -2.03. The van der Waals surface area contributed by atoms with E-state index < -0.39 is 0 Å². The minimum Gasteiger partial charge on any atom is -0.294 e. The van der Waals surface area contributed by atoms with E-state index in [1.165, 1.54) is 0 Å². The Kier molecular flexibility index (Phi) is 3.63. The molecule has 14 heavy (non-hydrogen) atoms. The van der Waals surface area contributed by atoms with Crippen LogP contribution in [-0.4, -0.2) is 5.78 Å². The topological polar surface area (TPSA) is 17.1 Å². The monoisotopic (exact) mass is 188 g/mol. The number of hydrogen-bond acceptors (Lipinski definition) is 1. The summed E-state index contributed by atoms with van der Waals surface area (Å²) in [6.07, 6.45) is 2.07. The molecular weight excluding hydrogens is 172 g/mol. The van der Waals surface area contributed by atoms with E-state index >= 15 is 0 Å². The lowest BCUT2D eigenvalue weighted by molar-refractivity contribution is 0.0994. The summed E-state index contributed by atoms with van der Waals surface area (Å²) in [5, 5.41) is 0. The Morgan fingerprint density at radius 2 is 2.07 bits per heavy atom. The van der Waals surface area contributed by atoms with Gasteiger partial charge >= 0.3 is 0 Å². The molecule has 1 rings (SSSR count). The van der Waals surface area contributed by atoms with Gasteiger partial charge in [0.1, 0.15) is 0 Å². The van der Waals surface area contributed by atoms with Crippen LogP contribution in [0.1, 0.15) is 42.1 Å². The van der Waals surface area contributed by atoms with Gasteiger partial charge in [0.05, 0.1) is 0 Å². The van der Waals surface area contributed by atoms with Crippen molar-refractivity contribution in [3.05, 3.63) is 48.0 Å². The van der Waals surface area contributed by atoms with Gasteiger partial charge in [-0.15, -0.1) is 6.58 Å². The van der Waals surface area contributed by atoms with Crippen molar-refractivity contribution in [3.63, 3.8) is 0 Å². The standard InChI is InChI=1S/C13H16O/c1-4-7-13(14)12-9-6-5-8-11(12)10(2)3/h4-6,8-10H,1,7H2,2-3H3. The molecule has 0 aromatic heterocycles. The second-order valence-electron chi connectivity index (χ2n) is 3.66. The van der Waals surface area contributed by atoms with Crippen molar-refractivity contribution in [2.24, 2.45) is 0 Å². The molecule has 0 fully saturated rings. The van der Waals surface area contributed by atoms with Gasteiger partial charge in [0, 0.05) is 12.0 Å². The average Bonchev–Trinajstić information content (AvgIpc) is 2.18. The summed E-state index contributed by atoms with van der Waals surface area (Å²) >= 11 is 0. The van der Waals surface area contributed by atoms with Crippen molar-refractivity contribution in [2.75, 3.05) is 0 Å². The number of carbonyl (C=O) groups excluding carboxylic acids is 1. The van der Waals surface area contributed by atoms with Crippen LogP contribution in [0, 0.1) is 0 Å². The molecule has 0 amide bonds. The van der Waals surface area contributed by atoms with Crippen LogP contribution in [0.3, 0.4) is 0 Å². The molecule has 0 saturated heterocycles. The lowest BCUT2D eigenvalue weighted by atomic mass is 9.94. The first-order chi connectivity index (χ1) is 6.66. The Balaban J connectivity index is 3.06. The molecule has 0 aliphatic heterocycles. The minimum atomic E-state index is 0.157. The van der Waals surface area contributed by atoms with Gasteiger partial charge in [0.15, 0.2) is 5.78 Å². The first-order valence-corrected chi connectivity index (χ1v) is 4.89. The lowest BCUT2D eigenvalue weighted by Gasteiger charge is -2.10. The molecule has 74 valence electrons. The van der Waals surface area contributed by atoms with Crippen molar-refractivity contribution >= 4 is 5.78 Å².